The van der Waals surface area contributed by atoms with E-state index < -0.39 is 29.1 Å². The molecule has 0 radical (unpaired) electrons. The lowest BCUT2D eigenvalue weighted by molar-refractivity contribution is -0.136. The van der Waals surface area contributed by atoms with Crippen LogP contribution in [0.15, 0.2) is 41.0 Å². The van der Waals surface area contributed by atoms with Crippen LogP contribution in [0.25, 0.3) is 16.9 Å². The third-order valence-electron chi connectivity index (χ3n) is 3.11. The van der Waals surface area contributed by atoms with Gasteiger partial charge in [0.25, 0.3) is 0 Å². The topological polar surface area (TPSA) is 67.5 Å². The summed E-state index contributed by atoms with van der Waals surface area (Å²) >= 11 is 2.95. The van der Waals surface area contributed by atoms with Gasteiger partial charge < -0.3 is 5.11 Å². The fraction of sp³-hybridized carbons (Fsp3) is 0.0714. The number of aromatic carboxylic acids is 1. The van der Waals surface area contributed by atoms with Crippen molar-refractivity contribution in [1.29, 1.82) is 0 Å². The summed E-state index contributed by atoms with van der Waals surface area (Å²) in [5, 5.41) is 13.1. The van der Waals surface area contributed by atoms with Gasteiger partial charge in [0.15, 0.2) is 11.3 Å². The molecule has 1 aromatic carbocycles. The van der Waals surface area contributed by atoms with E-state index in [9.17, 15) is 18.0 Å². The van der Waals surface area contributed by atoms with E-state index in [0.29, 0.717) is 5.56 Å². The van der Waals surface area contributed by atoms with E-state index in [1.165, 1.54) is 0 Å². The van der Waals surface area contributed by atoms with Crippen LogP contribution < -0.4 is 0 Å². The summed E-state index contributed by atoms with van der Waals surface area (Å²) in [4.78, 5) is 14.6. The predicted molar refractivity (Wildman–Crippen MR) is 78.1 cm³/mol. The van der Waals surface area contributed by atoms with Crippen molar-refractivity contribution in [1.82, 2.24) is 14.6 Å². The maximum atomic E-state index is 13.3. The number of alkyl halides is 3. The lowest BCUT2D eigenvalue weighted by Gasteiger charge is -2.10. The number of carboxylic acids is 1. The van der Waals surface area contributed by atoms with E-state index >= 15 is 0 Å². The standard InChI is InChI=1S/C14H7BrF3N3O2/c15-11-10(13(22)23)19-12-8(14(16,17)18)6-9(20-21(11)12)7-4-2-1-3-5-7/h1-6H,(H,22,23). The van der Waals surface area contributed by atoms with Crippen LogP contribution in [0.1, 0.15) is 16.1 Å². The number of hydrogen-bond donors (Lipinski definition) is 1. The van der Waals surface area contributed by atoms with Gasteiger partial charge in [-0.1, -0.05) is 30.3 Å². The van der Waals surface area contributed by atoms with Crippen LogP contribution >= 0.6 is 15.9 Å². The number of carbonyl (C=O) groups is 1. The Bertz CT molecular complexity index is 907. The Morgan fingerprint density at radius 3 is 2.43 bits per heavy atom. The molecule has 1 N–H and O–H groups in total. The average Bonchev–Trinajstić information content (AvgIpc) is 2.84. The molecule has 0 bridgehead atoms. The minimum Gasteiger partial charge on any atom is -0.476 e. The first-order chi connectivity index (χ1) is 10.8. The second kappa shape index (κ2) is 5.34. The van der Waals surface area contributed by atoms with E-state index in [2.05, 4.69) is 26.0 Å². The average molecular weight is 386 g/mol. The molecule has 0 fully saturated rings. The number of nitrogens with zero attached hydrogens (tertiary/aromatic N) is 3. The molecule has 0 aliphatic heterocycles. The van der Waals surface area contributed by atoms with E-state index in [1.54, 1.807) is 30.3 Å². The molecule has 3 aromatic rings. The molecule has 0 atom stereocenters. The molecular formula is C14H7BrF3N3O2. The van der Waals surface area contributed by atoms with Crippen molar-refractivity contribution in [3.63, 3.8) is 0 Å². The van der Waals surface area contributed by atoms with Crippen LogP contribution in [0.4, 0.5) is 13.2 Å². The van der Waals surface area contributed by atoms with Crippen LogP contribution in [0.3, 0.4) is 0 Å². The first kappa shape index (κ1) is 15.5. The molecule has 0 spiro atoms. The van der Waals surface area contributed by atoms with Gasteiger partial charge in [-0.2, -0.15) is 18.3 Å². The summed E-state index contributed by atoms with van der Waals surface area (Å²) in [6.45, 7) is 0. The van der Waals surface area contributed by atoms with Crippen molar-refractivity contribution in [2.45, 2.75) is 6.18 Å². The molecule has 0 aliphatic carbocycles. The number of rotatable bonds is 2. The van der Waals surface area contributed by atoms with Crippen molar-refractivity contribution in [2.75, 3.05) is 0 Å². The summed E-state index contributed by atoms with van der Waals surface area (Å²) in [7, 11) is 0. The monoisotopic (exact) mass is 385 g/mol. The molecule has 0 saturated heterocycles. The smallest absolute Gasteiger partial charge is 0.420 e. The molecule has 2 heterocycles. The Hall–Kier alpha value is -2.42. The lowest BCUT2D eigenvalue weighted by Crippen LogP contribution is -2.10. The van der Waals surface area contributed by atoms with E-state index in [-0.39, 0.29) is 10.3 Å². The number of aromatic nitrogens is 3. The van der Waals surface area contributed by atoms with Gasteiger partial charge in [0.2, 0.25) is 0 Å². The van der Waals surface area contributed by atoms with Gasteiger partial charge in [-0.25, -0.2) is 14.3 Å². The van der Waals surface area contributed by atoms with Crippen molar-refractivity contribution < 1.29 is 23.1 Å². The summed E-state index contributed by atoms with van der Waals surface area (Å²) in [5.74, 6) is -1.45. The Morgan fingerprint density at radius 1 is 1.22 bits per heavy atom. The fourth-order valence-corrected chi connectivity index (χ4v) is 2.60. The number of imidazole rings is 1. The van der Waals surface area contributed by atoms with Gasteiger partial charge in [-0.3, -0.25) is 0 Å². The highest BCUT2D eigenvalue weighted by atomic mass is 79.9. The van der Waals surface area contributed by atoms with Crippen LogP contribution in [-0.4, -0.2) is 25.7 Å². The third-order valence-corrected chi connectivity index (χ3v) is 3.82. The number of fused-ring (bicyclic) bond motifs is 1. The lowest BCUT2D eigenvalue weighted by atomic mass is 10.1. The number of hydrogen-bond acceptors (Lipinski definition) is 3. The van der Waals surface area contributed by atoms with Gasteiger partial charge >= 0.3 is 12.1 Å². The van der Waals surface area contributed by atoms with Gasteiger partial charge in [0.1, 0.15) is 10.2 Å². The van der Waals surface area contributed by atoms with Crippen molar-refractivity contribution in [3.05, 3.63) is 52.3 Å². The Morgan fingerprint density at radius 2 is 1.87 bits per heavy atom. The zero-order valence-electron chi connectivity index (χ0n) is 11.2. The molecule has 3 rings (SSSR count). The highest BCUT2D eigenvalue weighted by Gasteiger charge is 2.36. The van der Waals surface area contributed by atoms with Crippen LogP contribution in [-0.2, 0) is 6.18 Å². The molecule has 0 aliphatic rings. The summed E-state index contributed by atoms with van der Waals surface area (Å²) in [5.41, 5.74) is -1.63. The molecule has 0 unspecified atom stereocenters. The van der Waals surface area contributed by atoms with Crippen LogP contribution in [0, 0.1) is 0 Å². The second-order valence-corrected chi connectivity index (χ2v) is 5.35. The third kappa shape index (κ3) is 2.67. The van der Waals surface area contributed by atoms with E-state index in [4.69, 9.17) is 5.11 Å². The minimum atomic E-state index is -4.70. The molecule has 23 heavy (non-hydrogen) atoms. The van der Waals surface area contributed by atoms with Crippen LogP contribution in [0.2, 0.25) is 0 Å². The summed E-state index contributed by atoms with van der Waals surface area (Å²) in [6.07, 6.45) is -4.70. The second-order valence-electron chi connectivity index (χ2n) is 4.60. The number of halogens is 4. The van der Waals surface area contributed by atoms with E-state index in [1.807, 2.05) is 0 Å². The molecule has 2 aromatic heterocycles. The maximum Gasteiger partial charge on any atom is 0.420 e. The van der Waals surface area contributed by atoms with E-state index in [0.717, 1.165) is 10.6 Å². The molecule has 118 valence electrons. The highest BCUT2D eigenvalue weighted by Crippen LogP contribution is 2.35. The molecule has 5 nitrogen and oxygen atoms in total. The Kier molecular flexibility index (Phi) is 3.59. The van der Waals surface area contributed by atoms with Gasteiger partial charge in [-0.05, 0) is 22.0 Å². The molecule has 0 saturated carbocycles. The van der Waals surface area contributed by atoms with Gasteiger partial charge in [0.05, 0.1) is 5.69 Å². The zero-order chi connectivity index (χ0) is 16.8. The Labute approximate surface area is 135 Å². The van der Waals surface area contributed by atoms with Gasteiger partial charge in [0, 0.05) is 5.56 Å². The molecule has 0 amide bonds. The number of benzene rings is 1. The summed E-state index contributed by atoms with van der Waals surface area (Å²) < 4.78 is 40.6. The summed E-state index contributed by atoms with van der Waals surface area (Å²) in [6, 6.07) is 9.13. The zero-order valence-corrected chi connectivity index (χ0v) is 12.8. The maximum absolute atomic E-state index is 13.3. The fourth-order valence-electron chi connectivity index (χ4n) is 2.09. The first-order valence-electron chi connectivity index (χ1n) is 6.24. The Balaban J connectivity index is 2.38. The largest absolute Gasteiger partial charge is 0.476 e. The normalized spacial score (nSPS) is 11.8. The SMILES string of the molecule is O=C(O)c1nc2c(C(F)(F)F)cc(-c3ccccc3)nn2c1Br. The van der Waals surface area contributed by atoms with Crippen molar-refractivity contribution >= 4 is 27.5 Å². The molecular weight excluding hydrogens is 379 g/mol. The van der Waals surface area contributed by atoms with Crippen molar-refractivity contribution in [2.24, 2.45) is 0 Å². The number of carboxylic acid groups (broad SMARTS) is 1. The highest BCUT2D eigenvalue weighted by molar-refractivity contribution is 9.10. The van der Waals surface area contributed by atoms with Gasteiger partial charge in [-0.15, -0.1) is 0 Å². The first-order valence-corrected chi connectivity index (χ1v) is 7.03. The molecule has 9 heteroatoms. The minimum absolute atomic E-state index is 0.0560. The quantitative estimate of drug-likeness (QED) is 0.726. The van der Waals surface area contributed by atoms with Crippen molar-refractivity contribution in [3.8, 4) is 11.3 Å². The van der Waals surface area contributed by atoms with Crippen LogP contribution in [0.5, 0.6) is 0 Å². The predicted octanol–water partition coefficient (Wildman–Crippen LogP) is 3.88.